The summed E-state index contributed by atoms with van der Waals surface area (Å²) in [5.41, 5.74) is 1.22. The third-order valence-corrected chi connectivity index (χ3v) is 4.02. The Balaban J connectivity index is 1.86. The molecule has 1 aromatic carbocycles. The molecule has 1 aliphatic heterocycles. The maximum Gasteiger partial charge on any atom is 0.245 e. The molecule has 6 heteroatoms. The highest BCUT2D eigenvalue weighted by Gasteiger charge is 2.34. The van der Waals surface area contributed by atoms with Gasteiger partial charge in [-0.25, -0.2) is 0 Å². The van der Waals surface area contributed by atoms with Crippen LogP contribution in [-0.4, -0.2) is 44.0 Å². The maximum absolute atomic E-state index is 12.4. The number of carbonyl (C=O) groups excluding carboxylic acids is 2. The van der Waals surface area contributed by atoms with Gasteiger partial charge in [-0.3, -0.25) is 9.59 Å². The fourth-order valence-corrected chi connectivity index (χ4v) is 2.70. The lowest BCUT2D eigenvalue weighted by molar-refractivity contribution is -0.124. The smallest absolute Gasteiger partial charge is 0.245 e. The first-order valence-corrected chi connectivity index (χ1v) is 7.46. The number of nitrogens with one attached hydrogen (secondary N) is 1. The lowest BCUT2D eigenvalue weighted by Gasteiger charge is -2.37. The summed E-state index contributed by atoms with van der Waals surface area (Å²) in [7, 11) is 0. The number of aldehydes is 1. The molecule has 1 amide bonds. The van der Waals surface area contributed by atoms with Crippen LogP contribution < -0.4 is 10.2 Å². The van der Waals surface area contributed by atoms with Gasteiger partial charge in [-0.2, -0.15) is 0 Å². The van der Waals surface area contributed by atoms with E-state index in [9.17, 15) is 9.59 Å². The van der Waals surface area contributed by atoms with E-state index in [-0.39, 0.29) is 5.91 Å². The monoisotopic (exact) mass is 308 g/mol. The Morgan fingerprint density at radius 2 is 2.24 bits per heavy atom. The van der Waals surface area contributed by atoms with Gasteiger partial charge < -0.3 is 15.0 Å². The standard InChI is InChI=1S/C15H17ClN2O3/c16-11-1-4-13(10(7-11)8-19)18-5-6-21-9-14(18)15(20)17-12-2-3-12/h1,4,7-8,12,14H,2-3,5-6,9H2,(H,17,20). The third-order valence-electron chi connectivity index (χ3n) is 3.78. The molecule has 1 saturated carbocycles. The normalized spacial score (nSPS) is 22.0. The van der Waals surface area contributed by atoms with E-state index in [1.165, 1.54) is 0 Å². The van der Waals surface area contributed by atoms with Crippen molar-refractivity contribution in [1.29, 1.82) is 0 Å². The van der Waals surface area contributed by atoms with Crippen LogP contribution in [-0.2, 0) is 9.53 Å². The first-order valence-electron chi connectivity index (χ1n) is 7.08. The fourth-order valence-electron chi connectivity index (χ4n) is 2.52. The largest absolute Gasteiger partial charge is 0.377 e. The van der Waals surface area contributed by atoms with Gasteiger partial charge in [0, 0.05) is 28.9 Å². The molecule has 0 radical (unpaired) electrons. The van der Waals surface area contributed by atoms with E-state index in [0.29, 0.717) is 36.4 Å². The molecule has 3 rings (SSSR count). The van der Waals surface area contributed by atoms with Crippen molar-refractivity contribution in [3.63, 3.8) is 0 Å². The number of rotatable bonds is 4. The number of carbonyl (C=O) groups is 2. The van der Waals surface area contributed by atoms with Gasteiger partial charge in [0.05, 0.1) is 13.2 Å². The Kier molecular flexibility index (Phi) is 4.12. The molecule has 1 heterocycles. The van der Waals surface area contributed by atoms with Crippen molar-refractivity contribution in [2.24, 2.45) is 0 Å². The zero-order valence-corrected chi connectivity index (χ0v) is 12.3. The molecule has 0 aromatic heterocycles. The molecule has 1 aromatic rings. The predicted octanol–water partition coefficient (Wildman–Crippen LogP) is 1.64. The summed E-state index contributed by atoms with van der Waals surface area (Å²) in [6, 6.07) is 5.04. The molecule has 1 aliphatic carbocycles. The lowest BCUT2D eigenvalue weighted by atomic mass is 10.1. The van der Waals surface area contributed by atoms with Crippen LogP contribution in [0.15, 0.2) is 18.2 Å². The van der Waals surface area contributed by atoms with Crippen molar-refractivity contribution in [1.82, 2.24) is 5.32 Å². The van der Waals surface area contributed by atoms with Gasteiger partial charge in [-0.15, -0.1) is 0 Å². The molecule has 0 bridgehead atoms. The van der Waals surface area contributed by atoms with Crippen molar-refractivity contribution in [2.45, 2.75) is 24.9 Å². The predicted molar refractivity (Wildman–Crippen MR) is 80.0 cm³/mol. The molecular formula is C15H17ClN2O3. The molecule has 1 unspecified atom stereocenters. The third kappa shape index (κ3) is 3.19. The summed E-state index contributed by atoms with van der Waals surface area (Å²) in [5.74, 6) is -0.0380. The second-order valence-electron chi connectivity index (χ2n) is 5.39. The van der Waals surface area contributed by atoms with Crippen molar-refractivity contribution in [2.75, 3.05) is 24.7 Å². The molecule has 1 saturated heterocycles. The number of benzene rings is 1. The van der Waals surface area contributed by atoms with Crippen LogP contribution in [0.3, 0.4) is 0 Å². The van der Waals surface area contributed by atoms with Crippen LogP contribution in [0, 0.1) is 0 Å². The van der Waals surface area contributed by atoms with Gasteiger partial charge in [0.15, 0.2) is 6.29 Å². The Morgan fingerprint density at radius 1 is 1.43 bits per heavy atom. The summed E-state index contributed by atoms with van der Waals surface area (Å²) in [6.07, 6.45) is 2.85. The lowest BCUT2D eigenvalue weighted by Crippen LogP contribution is -2.54. The van der Waals surface area contributed by atoms with Crippen molar-refractivity contribution < 1.29 is 14.3 Å². The Labute approximate surface area is 128 Å². The number of halogens is 1. The van der Waals surface area contributed by atoms with Crippen molar-refractivity contribution >= 4 is 29.5 Å². The molecule has 2 aliphatic rings. The van der Waals surface area contributed by atoms with Crippen LogP contribution in [0.5, 0.6) is 0 Å². The fraction of sp³-hybridized carbons (Fsp3) is 0.467. The highest BCUT2D eigenvalue weighted by atomic mass is 35.5. The van der Waals surface area contributed by atoms with Gasteiger partial charge in [0.1, 0.15) is 6.04 Å². The number of morpholine rings is 1. The average molecular weight is 309 g/mol. The first kappa shape index (κ1) is 14.4. The van der Waals surface area contributed by atoms with Gasteiger partial charge in [-0.1, -0.05) is 11.6 Å². The van der Waals surface area contributed by atoms with Gasteiger partial charge in [-0.05, 0) is 31.0 Å². The Hall–Kier alpha value is -1.59. The highest BCUT2D eigenvalue weighted by molar-refractivity contribution is 6.31. The second kappa shape index (κ2) is 6.03. The van der Waals surface area contributed by atoms with Crippen LogP contribution >= 0.6 is 11.6 Å². The van der Waals surface area contributed by atoms with E-state index < -0.39 is 6.04 Å². The number of hydrogen-bond acceptors (Lipinski definition) is 4. The quantitative estimate of drug-likeness (QED) is 0.859. The van der Waals surface area contributed by atoms with Gasteiger partial charge >= 0.3 is 0 Å². The molecule has 21 heavy (non-hydrogen) atoms. The van der Waals surface area contributed by atoms with E-state index in [4.69, 9.17) is 16.3 Å². The Bertz CT molecular complexity index is 560. The minimum absolute atomic E-state index is 0.0380. The highest BCUT2D eigenvalue weighted by Crippen LogP contribution is 2.27. The van der Waals surface area contributed by atoms with Crippen molar-refractivity contribution in [3.05, 3.63) is 28.8 Å². The summed E-state index contributed by atoms with van der Waals surface area (Å²) in [5, 5.41) is 3.50. The van der Waals surface area contributed by atoms with Crippen LogP contribution in [0.25, 0.3) is 0 Å². The summed E-state index contributed by atoms with van der Waals surface area (Å²) in [4.78, 5) is 25.6. The zero-order chi connectivity index (χ0) is 14.8. The van der Waals surface area contributed by atoms with Crippen LogP contribution in [0.1, 0.15) is 23.2 Å². The number of ether oxygens (including phenoxy) is 1. The zero-order valence-electron chi connectivity index (χ0n) is 11.5. The number of anilines is 1. The topological polar surface area (TPSA) is 58.6 Å². The minimum atomic E-state index is -0.403. The van der Waals surface area contributed by atoms with E-state index in [1.807, 2.05) is 4.90 Å². The van der Waals surface area contributed by atoms with E-state index >= 15 is 0 Å². The van der Waals surface area contributed by atoms with E-state index in [2.05, 4.69) is 5.32 Å². The number of nitrogens with zero attached hydrogens (tertiary/aromatic N) is 1. The van der Waals surface area contributed by atoms with E-state index in [1.54, 1.807) is 18.2 Å². The SMILES string of the molecule is O=Cc1cc(Cl)ccc1N1CCOCC1C(=O)NC1CC1. The van der Waals surface area contributed by atoms with E-state index in [0.717, 1.165) is 24.8 Å². The van der Waals surface area contributed by atoms with Crippen LogP contribution in [0.4, 0.5) is 5.69 Å². The first-order chi connectivity index (χ1) is 10.2. The molecule has 1 atom stereocenters. The molecule has 1 N–H and O–H groups in total. The summed E-state index contributed by atoms with van der Waals surface area (Å²) < 4.78 is 5.44. The average Bonchev–Trinajstić information content (AvgIpc) is 3.31. The molecule has 112 valence electrons. The Morgan fingerprint density at radius 3 is 2.95 bits per heavy atom. The van der Waals surface area contributed by atoms with Gasteiger partial charge in [0.25, 0.3) is 0 Å². The number of amides is 1. The van der Waals surface area contributed by atoms with Crippen molar-refractivity contribution in [3.8, 4) is 0 Å². The molecule has 5 nitrogen and oxygen atoms in total. The van der Waals surface area contributed by atoms with Crippen LogP contribution in [0.2, 0.25) is 5.02 Å². The number of hydrogen-bond donors (Lipinski definition) is 1. The molecular weight excluding hydrogens is 292 g/mol. The maximum atomic E-state index is 12.4. The molecule has 0 spiro atoms. The second-order valence-corrected chi connectivity index (χ2v) is 5.82. The minimum Gasteiger partial charge on any atom is -0.377 e. The summed E-state index contributed by atoms with van der Waals surface area (Å²) in [6.45, 7) is 1.44. The molecule has 2 fully saturated rings. The van der Waals surface area contributed by atoms with Gasteiger partial charge in [0.2, 0.25) is 5.91 Å². The summed E-state index contributed by atoms with van der Waals surface area (Å²) >= 11 is 5.93.